The van der Waals surface area contributed by atoms with E-state index in [-0.39, 0.29) is 0 Å². The third-order valence-electron chi connectivity index (χ3n) is 3.67. The van der Waals surface area contributed by atoms with Gasteiger partial charge in [0.25, 0.3) is 0 Å². The highest BCUT2D eigenvalue weighted by atomic mass is 32.1. The second-order valence-electron chi connectivity index (χ2n) is 6.30. The summed E-state index contributed by atoms with van der Waals surface area (Å²) < 4.78 is 5.84. The molecule has 1 aromatic rings. The van der Waals surface area contributed by atoms with Gasteiger partial charge < -0.3 is 10.1 Å². The molecule has 1 fully saturated rings. The van der Waals surface area contributed by atoms with E-state index < -0.39 is 0 Å². The zero-order chi connectivity index (χ0) is 14.5. The molecule has 3 nitrogen and oxygen atoms in total. The molecule has 1 aliphatic heterocycles. The van der Waals surface area contributed by atoms with Gasteiger partial charge in [-0.2, -0.15) is 0 Å². The summed E-state index contributed by atoms with van der Waals surface area (Å²) in [5.74, 6) is 0.497. The molecule has 0 bridgehead atoms. The van der Waals surface area contributed by atoms with Crippen molar-refractivity contribution < 1.29 is 4.74 Å². The molecule has 1 aromatic heterocycles. The van der Waals surface area contributed by atoms with Gasteiger partial charge in [-0.25, -0.2) is 4.98 Å². The fraction of sp³-hybridized carbons (Fsp3) is 0.812. The molecule has 0 aromatic carbocycles. The van der Waals surface area contributed by atoms with Crippen molar-refractivity contribution in [3.63, 3.8) is 0 Å². The number of nitrogens with one attached hydrogen (secondary N) is 1. The van der Waals surface area contributed by atoms with E-state index in [1.54, 1.807) is 0 Å². The fourth-order valence-electron chi connectivity index (χ4n) is 2.54. The summed E-state index contributed by atoms with van der Waals surface area (Å²) in [5, 5.41) is 4.76. The molecular weight excluding hydrogens is 268 g/mol. The number of thiazole rings is 1. The lowest BCUT2D eigenvalue weighted by molar-refractivity contribution is 0.0167. The van der Waals surface area contributed by atoms with Crippen LogP contribution in [-0.2, 0) is 17.7 Å². The quantitative estimate of drug-likeness (QED) is 0.865. The Hall–Kier alpha value is -0.450. The monoisotopic (exact) mass is 296 g/mol. The Morgan fingerprint density at radius 2 is 2.10 bits per heavy atom. The van der Waals surface area contributed by atoms with Gasteiger partial charge in [-0.1, -0.05) is 27.7 Å². The molecule has 20 heavy (non-hydrogen) atoms. The van der Waals surface area contributed by atoms with E-state index in [1.165, 1.54) is 34.8 Å². The Morgan fingerprint density at radius 3 is 2.70 bits per heavy atom. The van der Waals surface area contributed by atoms with Crippen LogP contribution in [0.2, 0.25) is 0 Å². The van der Waals surface area contributed by atoms with Crippen LogP contribution in [0.1, 0.15) is 68.5 Å². The van der Waals surface area contributed by atoms with Crippen LogP contribution < -0.4 is 5.32 Å². The Balaban J connectivity index is 2.03. The number of hydrogen-bond donors (Lipinski definition) is 1. The van der Waals surface area contributed by atoms with E-state index in [9.17, 15) is 0 Å². The third-order valence-corrected chi connectivity index (χ3v) is 4.76. The van der Waals surface area contributed by atoms with E-state index in [1.807, 2.05) is 11.3 Å². The summed E-state index contributed by atoms with van der Waals surface area (Å²) in [5.41, 5.74) is 1.27. The predicted molar refractivity (Wildman–Crippen MR) is 85.5 cm³/mol. The van der Waals surface area contributed by atoms with Crippen molar-refractivity contribution in [2.24, 2.45) is 0 Å². The highest BCUT2D eigenvalue weighted by Gasteiger charge is 2.19. The summed E-state index contributed by atoms with van der Waals surface area (Å²) in [4.78, 5) is 6.28. The zero-order valence-electron chi connectivity index (χ0n) is 13.2. The zero-order valence-corrected chi connectivity index (χ0v) is 14.1. The second kappa shape index (κ2) is 7.53. The van der Waals surface area contributed by atoms with Gasteiger partial charge >= 0.3 is 0 Å². The van der Waals surface area contributed by atoms with Gasteiger partial charge in [0.15, 0.2) is 0 Å². The van der Waals surface area contributed by atoms with Crippen LogP contribution in [0.25, 0.3) is 0 Å². The molecule has 1 aliphatic rings. The first-order valence-corrected chi connectivity index (χ1v) is 8.71. The molecule has 2 heterocycles. The molecule has 0 saturated carbocycles. The first kappa shape index (κ1) is 15.9. The van der Waals surface area contributed by atoms with Gasteiger partial charge in [-0.15, -0.1) is 11.3 Å². The average Bonchev–Trinajstić information content (AvgIpc) is 2.81. The van der Waals surface area contributed by atoms with Crippen LogP contribution >= 0.6 is 11.3 Å². The van der Waals surface area contributed by atoms with Crippen LogP contribution in [0.15, 0.2) is 0 Å². The van der Waals surface area contributed by atoms with Crippen LogP contribution in [0.3, 0.4) is 0 Å². The molecule has 0 radical (unpaired) electrons. The van der Waals surface area contributed by atoms with Gasteiger partial charge in [0, 0.05) is 30.5 Å². The van der Waals surface area contributed by atoms with Gasteiger partial charge in [-0.3, -0.25) is 0 Å². The fourth-order valence-corrected chi connectivity index (χ4v) is 3.78. The van der Waals surface area contributed by atoms with Gasteiger partial charge in [0.05, 0.1) is 16.8 Å². The summed E-state index contributed by atoms with van der Waals surface area (Å²) in [6, 6.07) is 0.516. The van der Waals surface area contributed by atoms with E-state index in [0.717, 1.165) is 19.6 Å². The molecule has 1 unspecified atom stereocenters. The minimum Gasteiger partial charge on any atom is -0.378 e. The second-order valence-corrected chi connectivity index (χ2v) is 7.47. The van der Waals surface area contributed by atoms with Gasteiger partial charge in [0.2, 0.25) is 0 Å². The number of nitrogens with zero attached hydrogens (tertiary/aromatic N) is 1. The van der Waals surface area contributed by atoms with E-state index in [0.29, 0.717) is 18.1 Å². The van der Waals surface area contributed by atoms with E-state index in [2.05, 4.69) is 33.0 Å². The molecule has 1 N–H and O–H groups in total. The van der Waals surface area contributed by atoms with Crippen molar-refractivity contribution in [1.29, 1.82) is 0 Å². The van der Waals surface area contributed by atoms with Crippen molar-refractivity contribution in [2.75, 3.05) is 6.61 Å². The molecule has 4 heteroatoms. The van der Waals surface area contributed by atoms with Gasteiger partial charge in [-0.05, 0) is 25.2 Å². The summed E-state index contributed by atoms with van der Waals surface area (Å²) in [7, 11) is 0. The average molecular weight is 296 g/mol. The summed E-state index contributed by atoms with van der Waals surface area (Å²) in [6.07, 6.45) is 5.09. The van der Waals surface area contributed by atoms with Crippen LogP contribution in [-0.4, -0.2) is 23.7 Å². The summed E-state index contributed by atoms with van der Waals surface area (Å²) in [6.45, 7) is 10.7. The topological polar surface area (TPSA) is 34.1 Å². The normalized spacial score (nSPS) is 20.0. The predicted octanol–water partition coefficient (Wildman–Crippen LogP) is 3.88. The lowest BCUT2D eigenvalue weighted by atomic mass is 10.1. The molecule has 0 aliphatic carbocycles. The maximum absolute atomic E-state index is 5.84. The number of ether oxygens (including phenoxy) is 1. The van der Waals surface area contributed by atoms with Crippen molar-refractivity contribution in [2.45, 2.75) is 78.0 Å². The largest absolute Gasteiger partial charge is 0.378 e. The molecular formula is C16H28N2OS. The Bertz CT molecular complexity index is 409. The smallest absolute Gasteiger partial charge is 0.0957 e. The Morgan fingerprint density at radius 1 is 1.30 bits per heavy atom. The van der Waals surface area contributed by atoms with Crippen molar-refractivity contribution in [3.8, 4) is 0 Å². The van der Waals surface area contributed by atoms with Crippen LogP contribution in [0.4, 0.5) is 0 Å². The molecule has 2 rings (SSSR count). The molecule has 0 amide bonds. The van der Waals surface area contributed by atoms with Crippen molar-refractivity contribution in [1.82, 2.24) is 10.3 Å². The minimum atomic E-state index is 0.390. The van der Waals surface area contributed by atoms with Gasteiger partial charge in [0.1, 0.15) is 0 Å². The highest BCUT2D eigenvalue weighted by Crippen LogP contribution is 2.27. The number of rotatable bonds is 6. The van der Waals surface area contributed by atoms with Crippen molar-refractivity contribution in [3.05, 3.63) is 15.6 Å². The summed E-state index contributed by atoms with van der Waals surface area (Å²) >= 11 is 1.87. The standard InChI is InChI=1S/C16H28N2OS/c1-11(2)16-14(10-17-12(3)4)20-15(18-16)9-13-7-5-6-8-19-13/h11-13,17H,5-10H2,1-4H3. The maximum atomic E-state index is 5.84. The Labute approximate surface area is 127 Å². The molecule has 1 saturated heterocycles. The van der Waals surface area contributed by atoms with Crippen LogP contribution in [0.5, 0.6) is 0 Å². The lowest BCUT2D eigenvalue weighted by Crippen LogP contribution is -2.22. The highest BCUT2D eigenvalue weighted by molar-refractivity contribution is 7.11. The molecule has 0 spiro atoms. The SMILES string of the molecule is CC(C)NCc1sc(CC2CCCCO2)nc1C(C)C. The lowest BCUT2D eigenvalue weighted by Gasteiger charge is -2.21. The number of aromatic nitrogens is 1. The molecule has 1 atom stereocenters. The van der Waals surface area contributed by atoms with Crippen LogP contribution in [0, 0.1) is 0 Å². The third kappa shape index (κ3) is 4.54. The Kier molecular flexibility index (Phi) is 6.00. The van der Waals surface area contributed by atoms with Crippen molar-refractivity contribution >= 4 is 11.3 Å². The van der Waals surface area contributed by atoms with E-state index in [4.69, 9.17) is 9.72 Å². The first-order chi connectivity index (χ1) is 9.56. The molecule has 114 valence electrons. The maximum Gasteiger partial charge on any atom is 0.0957 e. The number of hydrogen-bond acceptors (Lipinski definition) is 4. The first-order valence-electron chi connectivity index (χ1n) is 7.89. The van der Waals surface area contributed by atoms with E-state index >= 15 is 0 Å². The minimum absolute atomic E-state index is 0.390.